The molecule has 0 aromatic rings. The predicted molar refractivity (Wildman–Crippen MR) is 43.4 cm³/mol. The number of rotatable bonds is 4. The van der Waals surface area contributed by atoms with Gasteiger partial charge in [0, 0.05) is 0 Å². The summed E-state index contributed by atoms with van der Waals surface area (Å²) >= 11 is 4.35. The summed E-state index contributed by atoms with van der Waals surface area (Å²) in [6.07, 6.45) is 0. The third-order valence-electron chi connectivity index (χ3n) is 0.721. The van der Waals surface area contributed by atoms with Crippen molar-refractivity contribution >= 4 is 29.2 Å². The van der Waals surface area contributed by atoms with Crippen LogP contribution in [0.25, 0.3) is 0 Å². The highest BCUT2D eigenvalue weighted by Crippen LogP contribution is 1.75. The SMILES string of the molecule is NC(=S)NC(=O)COCC(=O)O. The van der Waals surface area contributed by atoms with Crippen LogP contribution >= 0.6 is 12.2 Å². The summed E-state index contributed by atoms with van der Waals surface area (Å²) < 4.78 is 4.43. The van der Waals surface area contributed by atoms with E-state index in [9.17, 15) is 9.59 Å². The van der Waals surface area contributed by atoms with Gasteiger partial charge in [0.15, 0.2) is 5.11 Å². The number of carbonyl (C=O) groups is 2. The first-order valence-electron chi connectivity index (χ1n) is 2.91. The van der Waals surface area contributed by atoms with Crippen molar-refractivity contribution in [3.8, 4) is 0 Å². The van der Waals surface area contributed by atoms with Gasteiger partial charge in [-0.25, -0.2) is 4.79 Å². The first-order chi connectivity index (χ1) is 5.52. The maximum absolute atomic E-state index is 10.6. The second-order valence-electron chi connectivity index (χ2n) is 1.80. The van der Waals surface area contributed by atoms with E-state index in [1.807, 2.05) is 0 Å². The highest BCUT2D eigenvalue weighted by Gasteiger charge is 2.03. The number of amides is 1. The zero-order valence-electron chi connectivity index (χ0n) is 6.07. The molecule has 0 heterocycles. The highest BCUT2D eigenvalue weighted by atomic mass is 32.1. The van der Waals surface area contributed by atoms with E-state index in [-0.39, 0.29) is 11.7 Å². The number of nitrogens with two attached hydrogens (primary N) is 1. The lowest BCUT2D eigenvalue weighted by Gasteiger charge is -2.01. The Morgan fingerprint density at radius 2 is 2.08 bits per heavy atom. The molecule has 0 saturated carbocycles. The fourth-order valence-electron chi connectivity index (χ4n) is 0.405. The molecule has 0 aliphatic rings. The number of aliphatic carboxylic acids is 1. The number of carboxylic acids is 1. The van der Waals surface area contributed by atoms with Gasteiger partial charge >= 0.3 is 5.97 Å². The monoisotopic (exact) mass is 192 g/mol. The minimum atomic E-state index is -1.14. The summed E-state index contributed by atoms with van der Waals surface area (Å²) in [5.41, 5.74) is 4.95. The number of nitrogens with one attached hydrogen (secondary N) is 1. The zero-order chi connectivity index (χ0) is 9.56. The lowest BCUT2D eigenvalue weighted by atomic mass is 10.6. The van der Waals surface area contributed by atoms with Gasteiger partial charge in [-0.05, 0) is 12.2 Å². The van der Waals surface area contributed by atoms with Crippen LogP contribution in [0.4, 0.5) is 0 Å². The second-order valence-corrected chi connectivity index (χ2v) is 2.24. The van der Waals surface area contributed by atoms with Crippen LogP contribution in [-0.2, 0) is 14.3 Å². The van der Waals surface area contributed by atoms with Gasteiger partial charge in [0.25, 0.3) is 5.91 Å². The Morgan fingerprint density at radius 3 is 2.50 bits per heavy atom. The first kappa shape index (κ1) is 10.8. The van der Waals surface area contributed by atoms with Crippen molar-refractivity contribution in [3.63, 3.8) is 0 Å². The Balaban J connectivity index is 3.44. The van der Waals surface area contributed by atoms with E-state index in [1.165, 1.54) is 0 Å². The van der Waals surface area contributed by atoms with Crippen LogP contribution in [0.1, 0.15) is 0 Å². The van der Waals surface area contributed by atoms with Crippen LogP contribution in [0.3, 0.4) is 0 Å². The number of hydrogen-bond acceptors (Lipinski definition) is 4. The molecular formula is C5H8N2O4S. The molecule has 0 atom stereocenters. The maximum Gasteiger partial charge on any atom is 0.329 e. The number of ether oxygens (including phenoxy) is 1. The molecule has 7 heteroatoms. The van der Waals surface area contributed by atoms with Crippen molar-refractivity contribution in [1.29, 1.82) is 0 Å². The third kappa shape index (κ3) is 6.90. The van der Waals surface area contributed by atoms with Gasteiger partial charge in [0.05, 0.1) is 0 Å². The maximum atomic E-state index is 10.6. The molecule has 0 aromatic carbocycles. The quantitative estimate of drug-likeness (QED) is 0.466. The Kier molecular flexibility index (Phi) is 4.89. The first-order valence-corrected chi connectivity index (χ1v) is 3.32. The van der Waals surface area contributed by atoms with Gasteiger partial charge < -0.3 is 20.9 Å². The molecule has 0 saturated heterocycles. The van der Waals surface area contributed by atoms with E-state index in [0.717, 1.165) is 0 Å². The smallest absolute Gasteiger partial charge is 0.329 e. The minimum absolute atomic E-state index is 0.168. The lowest BCUT2D eigenvalue weighted by Crippen LogP contribution is -2.37. The van der Waals surface area contributed by atoms with E-state index in [2.05, 4.69) is 22.3 Å². The Bertz CT molecular complexity index is 206. The summed E-state index contributed by atoms with van der Waals surface area (Å²) in [7, 11) is 0. The number of carboxylic acid groups (broad SMARTS) is 1. The molecule has 0 aliphatic heterocycles. The summed E-state index contributed by atoms with van der Waals surface area (Å²) in [6.45, 7) is -0.894. The van der Waals surface area contributed by atoms with Gasteiger partial charge in [-0.3, -0.25) is 4.79 Å². The molecule has 0 aromatic heterocycles. The number of carbonyl (C=O) groups excluding carboxylic acids is 1. The molecule has 6 nitrogen and oxygen atoms in total. The number of hydrogen-bond donors (Lipinski definition) is 3. The molecule has 0 spiro atoms. The van der Waals surface area contributed by atoms with Crippen LogP contribution in [0.5, 0.6) is 0 Å². The molecule has 68 valence electrons. The average Bonchev–Trinajstić information content (AvgIpc) is 1.84. The summed E-state index contributed by atoms with van der Waals surface area (Å²) in [5, 5.41) is 10.0. The normalized spacial score (nSPS) is 9.00. The fraction of sp³-hybridized carbons (Fsp3) is 0.400. The van der Waals surface area contributed by atoms with E-state index in [0.29, 0.717) is 0 Å². The van der Waals surface area contributed by atoms with Crippen molar-refractivity contribution in [2.75, 3.05) is 13.2 Å². The van der Waals surface area contributed by atoms with Crippen molar-refractivity contribution in [1.82, 2.24) is 5.32 Å². The van der Waals surface area contributed by atoms with Crippen molar-refractivity contribution in [2.45, 2.75) is 0 Å². The molecule has 0 radical (unpaired) electrons. The fourth-order valence-corrected chi connectivity index (χ4v) is 0.518. The van der Waals surface area contributed by atoms with Crippen LogP contribution < -0.4 is 11.1 Å². The van der Waals surface area contributed by atoms with Gasteiger partial charge in [-0.2, -0.15) is 0 Å². The van der Waals surface area contributed by atoms with Gasteiger partial charge in [-0.1, -0.05) is 0 Å². The summed E-state index contributed by atoms with van der Waals surface area (Å²) in [5.74, 6) is -1.71. The van der Waals surface area contributed by atoms with E-state index in [1.54, 1.807) is 0 Å². The topological polar surface area (TPSA) is 102 Å². The Hall–Kier alpha value is -1.21. The van der Waals surface area contributed by atoms with Crippen molar-refractivity contribution < 1.29 is 19.4 Å². The van der Waals surface area contributed by atoms with Gasteiger partial charge in [0.2, 0.25) is 0 Å². The Labute approximate surface area is 73.7 Å². The summed E-state index contributed by atoms with van der Waals surface area (Å²) in [6, 6.07) is 0. The number of thiocarbonyl (C=S) groups is 1. The summed E-state index contributed by atoms with van der Waals surface area (Å²) in [4.78, 5) is 20.5. The van der Waals surface area contributed by atoms with Gasteiger partial charge in [-0.15, -0.1) is 0 Å². The van der Waals surface area contributed by atoms with Crippen LogP contribution in [0, 0.1) is 0 Å². The molecule has 0 bridgehead atoms. The van der Waals surface area contributed by atoms with E-state index >= 15 is 0 Å². The molecule has 4 N–H and O–H groups in total. The predicted octanol–water partition coefficient (Wildman–Crippen LogP) is -1.55. The minimum Gasteiger partial charge on any atom is -0.480 e. The standard InChI is InChI=1S/C5H8N2O4S/c6-5(12)7-3(8)1-11-2-4(9)10/h1-2H2,(H,9,10)(H3,6,7,8,12). The van der Waals surface area contributed by atoms with Crippen LogP contribution in [0.2, 0.25) is 0 Å². The van der Waals surface area contributed by atoms with Gasteiger partial charge in [0.1, 0.15) is 13.2 Å². The average molecular weight is 192 g/mol. The second kappa shape index (κ2) is 5.44. The highest BCUT2D eigenvalue weighted by molar-refractivity contribution is 7.80. The zero-order valence-corrected chi connectivity index (χ0v) is 6.89. The molecule has 1 amide bonds. The Morgan fingerprint density at radius 1 is 1.50 bits per heavy atom. The van der Waals surface area contributed by atoms with E-state index < -0.39 is 18.5 Å². The molecular weight excluding hydrogens is 184 g/mol. The lowest BCUT2D eigenvalue weighted by molar-refractivity contribution is -0.143. The van der Waals surface area contributed by atoms with Crippen molar-refractivity contribution in [3.05, 3.63) is 0 Å². The van der Waals surface area contributed by atoms with Crippen LogP contribution in [-0.4, -0.2) is 35.3 Å². The third-order valence-corrected chi connectivity index (χ3v) is 0.823. The van der Waals surface area contributed by atoms with Crippen LogP contribution in [0.15, 0.2) is 0 Å². The van der Waals surface area contributed by atoms with E-state index in [4.69, 9.17) is 10.8 Å². The molecule has 0 aliphatic carbocycles. The molecule has 0 rings (SSSR count). The molecule has 12 heavy (non-hydrogen) atoms. The molecule has 0 unspecified atom stereocenters. The largest absolute Gasteiger partial charge is 0.480 e. The molecule has 0 fully saturated rings. The van der Waals surface area contributed by atoms with Crippen molar-refractivity contribution in [2.24, 2.45) is 5.73 Å².